The number of nitrogens with one attached hydrogen (secondary N) is 1. The molecule has 21 heavy (non-hydrogen) atoms. The summed E-state index contributed by atoms with van der Waals surface area (Å²) in [5.41, 5.74) is 0. The van der Waals surface area contributed by atoms with Gasteiger partial charge in [-0.1, -0.05) is 18.0 Å². The van der Waals surface area contributed by atoms with E-state index in [-0.39, 0.29) is 0 Å². The molecule has 3 nitrogen and oxygen atoms in total. The second-order valence-electron chi connectivity index (χ2n) is 6.22. The topological polar surface area (TPSA) is 18.5 Å². The van der Waals surface area contributed by atoms with Crippen LogP contribution in [0.2, 0.25) is 4.34 Å². The lowest BCUT2D eigenvalue weighted by Crippen LogP contribution is -2.41. The van der Waals surface area contributed by atoms with Crippen LogP contribution in [-0.2, 0) is 6.54 Å². The van der Waals surface area contributed by atoms with E-state index < -0.39 is 0 Å². The Bertz CT molecular complexity index is 431. The fraction of sp³-hybridized carbons (Fsp3) is 0.750. The molecule has 2 saturated heterocycles. The molecule has 5 heteroatoms. The molecule has 0 spiro atoms. The van der Waals surface area contributed by atoms with Gasteiger partial charge in [-0.3, -0.25) is 4.90 Å². The molecule has 1 aromatic heterocycles. The van der Waals surface area contributed by atoms with Gasteiger partial charge in [0.25, 0.3) is 0 Å². The first-order chi connectivity index (χ1) is 10.3. The van der Waals surface area contributed by atoms with Crippen LogP contribution in [0.4, 0.5) is 0 Å². The van der Waals surface area contributed by atoms with E-state index in [1.54, 1.807) is 11.3 Å². The molecule has 0 aliphatic carbocycles. The van der Waals surface area contributed by atoms with Crippen LogP contribution in [0.25, 0.3) is 0 Å². The van der Waals surface area contributed by atoms with Crippen molar-refractivity contribution in [2.24, 2.45) is 0 Å². The fourth-order valence-corrected chi connectivity index (χ4v) is 4.55. The van der Waals surface area contributed by atoms with Crippen LogP contribution in [0.5, 0.6) is 0 Å². The van der Waals surface area contributed by atoms with Crippen molar-refractivity contribution >= 4 is 22.9 Å². The van der Waals surface area contributed by atoms with Crippen molar-refractivity contribution in [1.29, 1.82) is 0 Å². The van der Waals surface area contributed by atoms with E-state index in [2.05, 4.69) is 21.2 Å². The van der Waals surface area contributed by atoms with Gasteiger partial charge >= 0.3 is 0 Å². The zero-order valence-electron chi connectivity index (χ0n) is 12.7. The van der Waals surface area contributed by atoms with Gasteiger partial charge in [0.2, 0.25) is 0 Å². The largest absolute Gasteiger partial charge is 0.311 e. The number of thiophene rings is 1. The number of likely N-dealkylation sites (tertiary alicyclic amines) is 2. The highest BCUT2D eigenvalue weighted by Crippen LogP contribution is 2.21. The highest BCUT2D eigenvalue weighted by molar-refractivity contribution is 7.16. The molecule has 2 aliphatic heterocycles. The van der Waals surface area contributed by atoms with E-state index >= 15 is 0 Å². The Balaban J connectivity index is 1.31. The first kappa shape index (κ1) is 15.8. The van der Waals surface area contributed by atoms with Gasteiger partial charge in [-0.15, -0.1) is 11.3 Å². The van der Waals surface area contributed by atoms with Crippen molar-refractivity contribution in [2.45, 2.75) is 38.3 Å². The minimum Gasteiger partial charge on any atom is -0.311 e. The highest BCUT2D eigenvalue weighted by atomic mass is 35.5. The molecular weight excluding hydrogens is 302 g/mol. The average molecular weight is 328 g/mol. The molecule has 118 valence electrons. The Morgan fingerprint density at radius 3 is 2.81 bits per heavy atom. The second-order valence-corrected chi connectivity index (χ2v) is 8.02. The molecule has 0 saturated carbocycles. The van der Waals surface area contributed by atoms with Crippen molar-refractivity contribution in [1.82, 2.24) is 15.1 Å². The number of piperidine rings is 1. The van der Waals surface area contributed by atoms with Gasteiger partial charge in [-0.05, 0) is 51.0 Å². The van der Waals surface area contributed by atoms with Crippen LogP contribution < -0.4 is 5.32 Å². The zero-order chi connectivity index (χ0) is 14.5. The maximum atomic E-state index is 5.94. The SMILES string of the molecule is Clc1ccc(CNCCN2CCC(N3CCCCC3)C2)s1. The van der Waals surface area contributed by atoms with Gasteiger partial charge in [-0.2, -0.15) is 0 Å². The molecule has 1 atom stereocenters. The van der Waals surface area contributed by atoms with Crippen molar-refractivity contribution in [3.8, 4) is 0 Å². The summed E-state index contributed by atoms with van der Waals surface area (Å²) in [5.74, 6) is 0. The van der Waals surface area contributed by atoms with Gasteiger partial charge < -0.3 is 10.2 Å². The summed E-state index contributed by atoms with van der Waals surface area (Å²) in [4.78, 5) is 6.67. The third kappa shape index (κ3) is 4.67. The summed E-state index contributed by atoms with van der Waals surface area (Å²) < 4.78 is 0.885. The van der Waals surface area contributed by atoms with Crippen molar-refractivity contribution < 1.29 is 0 Å². The second kappa shape index (κ2) is 7.93. The van der Waals surface area contributed by atoms with E-state index in [4.69, 9.17) is 11.6 Å². The lowest BCUT2D eigenvalue weighted by atomic mass is 10.1. The minimum atomic E-state index is 0.821. The number of hydrogen-bond acceptors (Lipinski definition) is 4. The monoisotopic (exact) mass is 327 g/mol. The van der Waals surface area contributed by atoms with Crippen LogP contribution >= 0.6 is 22.9 Å². The third-order valence-corrected chi connectivity index (χ3v) is 5.92. The number of halogens is 1. The van der Waals surface area contributed by atoms with Gasteiger partial charge in [0.05, 0.1) is 4.34 Å². The highest BCUT2D eigenvalue weighted by Gasteiger charge is 2.27. The van der Waals surface area contributed by atoms with Crippen LogP contribution in [0, 0.1) is 0 Å². The van der Waals surface area contributed by atoms with Crippen LogP contribution in [0.3, 0.4) is 0 Å². The van der Waals surface area contributed by atoms with E-state index in [0.29, 0.717) is 0 Å². The normalized spacial score (nSPS) is 24.7. The Kier molecular flexibility index (Phi) is 5.95. The molecule has 3 heterocycles. The maximum Gasteiger partial charge on any atom is 0.0931 e. The molecule has 3 rings (SSSR count). The molecule has 0 aromatic carbocycles. The van der Waals surface area contributed by atoms with Crippen LogP contribution in [-0.4, -0.2) is 55.1 Å². The lowest BCUT2D eigenvalue weighted by molar-refractivity contribution is 0.162. The predicted molar refractivity (Wildman–Crippen MR) is 91.3 cm³/mol. The molecule has 2 aliphatic rings. The predicted octanol–water partition coefficient (Wildman–Crippen LogP) is 3.05. The number of hydrogen-bond donors (Lipinski definition) is 1. The van der Waals surface area contributed by atoms with E-state index in [1.165, 1.54) is 63.3 Å². The standard InChI is InChI=1S/C16H26ClN3S/c17-16-5-4-15(21-16)12-18-7-11-19-10-6-14(13-19)20-8-2-1-3-9-20/h4-5,14,18H,1-3,6-13H2. The van der Waals surface area contributed by atoms with Gasteiger partial charge in [0.15, 0.2) is 0 Å². The Hall–Kier alpha value is -0.130. The molecule has 1 aromatic rings. The first-order valence-corrected chi connectivity index (χ1v) is 9.42. The van der Waals surface area contributed by atoms with Gasteiger partial charge in [0.1, 0.15) is 0 Å². The summed E-state index contributed by atoms with van der Waals surface area (Å²) >= 11 is 7.62. The number of nitrogens with zero attached hydrogens (tertiary/aromatic N) is 2. The quantitative estimate of drug-likeness (QED) is 0.810. The van der Waals surface area contributed by atoms with E-state index in [9.17, 15) is 0 Å². The summed E-state index contributed by atoms with van der Waals surface area (Å²) in [7, 11) is 0. The molecular formula is C16H26ClN3S. The molecule has 2 fully saturated rings. The molecule has 0 radical (unpaired) electrons. The lowest BCUT2D eigenvalue weighted by Gasteiger charge is -2.32. The van der Waals surface area contributed by atoms with Crippen molar-refractivity contribution in [2.75, 3.05) is 39.3 Å². The molecule has 0 amide bonds. The smallest absolute Gasteiger partial charge is 0.0931 e. The third-order valence-electron chi connectivity index (χ3n) is 4.69. The minimum absolute atomic E-state index is 0.821. The van der Waals surface area contributed by atoms with E-state index in [1.807, 2.05) is 6.07 Å². The summed E-state index contributed by atoms with van der Waals surface area (Å²) in [5, 5.41) is 3.53. The van der Waals surface area contributed by atoms with Crippen molar-refractivity contribution in [3.05, 3.63) is 21.3 Å². The van der Waals surface area contributed by atoms with Gasteiger partial charge in [-0.25, -0.2) is 0 Å². The van der Waals surface area contributed by atoms with Gasteiger partial charge in [0, 0.05) is 37.1 Å². The molecule has 1 N–H and O–H groups in total. The molecule has 1 unspecified atom stereocenters. The Labute approximate surface area is 137 Å². The van der Waals surface area contributed by atoms with Crippen molar-refractivity contribution in [3.63, 3.8) is 0 Å². The fourth-order valence-electron chi connectivity index (χ4n) is 3.49. The van der Waals surface area contributed by atoms with Crippen LogP contribution in [0.1, 0.15) is 30.6 Å². The zero-order valence-corrected chi connectivity index (χ0v) is 14.3. The van der Waals surface area contributed by atoms with E-state index in [0.717, 1.165) is 23.5 Å². The Morgan fingerprint density at radius 1 is 1.19 bits per heavy atom. The Morgan fingerprint density at radius 2 is 2.05 bits per heavy atom. The molecule has 0 bridgehead atoms. The maximum absolute atomic E-state index is 5.94. The summed E-state index contributed by atoms with van der Waals surface area (Å²) in [6.45, 7) is 8.39. The summed E-state index contributed by atoms with van der Waals surface area (Å²) in [6.07, 6.45) is 5.60. The number of rotatable bonds is 6. The van der Waals surface area contributed by atoms with Crippen LogP contribution in [0.15, 0.2) is 12.1 Å². The average Bonchev–Trinajstić information content (AvgIpc) is 3.14. The summed E-state index contributed by atoms with van der Waals surface area (Å²) in [6, 6.07) is 4.91. The first-order valence-electron chi connectivity index (χ1n) is 8.22.